The number of pyridine rings is 1. The summed E-state index contributed by atoms with van der Waals surface area (Å²) in [6, 6.07) is 15.8. The summed E-state index contributed by atoms with van der Waals surface area (Å²) in [7, 11) is 1.65. The summed E-state index contributed by atoms with van der Waals surface area (Å²) in [4.78, 5) is 4.29. The molecule has 2 aromatic carbocycles. The fourth-order valence-corrected chi connectivity index (χ4v) is 3.05. The molecule has 29 heavy (non-hydrogen) atoms. The van der Waals surface area contributed by atoms with Crippen molar-refractivity contribution in [3.63, 3.8) is 0 Å². The van der Waals surface area contributed by atoms with Crippen LogP contribution in [0.2, 0.25) is 0 Å². The first-order chi connectivity index (χ1) is 14.1. The lowest BCUT2D eigenvalue weighted by Gasteiger charge is -2.15. The smallest absolute Gasteiger partial charge is 0.128 e. The van der Waals surface area contributed by atoms with Crippen molar-refractivity contribution in [2.24, 2.45) is 0 Å². The molecule has 0 fully saturated rings. The van der Waals surface area contributed by atoms with Crippen LogP contribution in [-0.2, 0) is 6.54 Å². The van der Waals surface area contributed by atoms with Gasteiger partial charge in [0.25, 0.3) is 0 Å². The molecule has 5 nitrogen and oxygen atoms in total. The van der Waals surface area contributed by atoms with Crippen LogP contribution in [-0.4, -0.2) is 25.3 Å². The molecule has 0 saturated heterocycles. The van der Waals surface area contributed by atoms with Gasteiger partial charge in [-0.3, -0.25) is 0 Å². The number of hydrogen-bond acceptors (Lipinski definition) is 5. The zero-order valence-corrected chi connectivity index (χ0v) is 17.5. The lowest BCUT2D eigenvalue weighted by atomic mass is 10.1. The van der Waals surface area contributed by atoms with E-state index < -0.39 is 0 Å². The monoisotopic (exact) mass is 392 g/mol. The minimum atomic E-state index is 0.441. The van der Waals surface area contributed by atoms with Crippen molar-refractivity contribution in [3.8, 4) is 17.2 Å². The molecule has 0 aliphatic heterocycles. The van der Waals surface area contributed by atoms with Crippen molar-refractivity contribution in [1.29, 1.82) is 0 Å². The number of methoxy groups -OCH3 is 1. The van der Waals surface area contributed by atoms with Crippen LogP contribution >= 0.6 is 0 Å². The van der Waals surface area contributed by atoms with Crippen molar-refractivity contribution in [2.75, 3.05) is 25.6 Å². The molecule has 1 heterocycles. The van der Waals surface area contributed by atoms with Crippen LogP contribution in [0.25, 0.3) is 0 Å². The summed E-state index contributed by atoms with van der Waals surface area (Å²) < 4.78 is 17.3. The molecule has 0 atom stereocenters. The highest BCUT2D eigenvalue weighted by Crippen LogP contribution is 2.26. The molecule has 0 saturated carbocycles. The maximum atomic E-state index is 6.02. The van der Waals surface area contributed by atoms with Crippen molar-refractivity contribution < 1.29 is 14.2 Å². The summed E-state index contributed by atoms with van der Waals surface area (Å²) in [6.45, 7) is 7.77. The quantitative estimate of drug-likeness (QED) is 0.514. The van der Waals surface area contributed by atoms with Gasteiger partial charge in [-0.2, -0.15) is 0 Å². The molecule has 0 aliphatic carbocycles. The molecule has 3 rings (SSSR count). The van der Waals surface area contributed by atoms with Crippen LogP contribution in [0.1, 0.15) is 22.3 Å². The van der Waals surface area contributed by atoms with E-state index in [2.05, 4.69) is 43.2 Å². The first-order valence-corrected chi connectivity index (χ1v) is 9.72. The van der Waals surface area contributed by atoms with E-state index in [9.17, 15) is 0 Å². The average molecular weight is 392 g/mol. The Morgan fingerprint density at radius 1 is 0.897 bits per heavy atom. The largest absolute Gasteiger partial charge is 0.497 e. The number of anilines is 1. The molecular weight excluding hydrogens is 364 g/mol. The topological polar surface area (TPSA) is 52.6 Å². The lowest BCUT2D eigenvalue weighted by molar-refractivity contribution is 0.214. The molecule has 5 heteroatoms. The third kappa shape index (κ3) is 5.64. The van der Waals surface area contributed by atoms with Crippen LogP contribution in [0.3, 0.4) is 0 Å². The lowest BCUT2D eigenvalue weighted by Crippen LogP contribution is -2.12. The number of hydrogen-bond donors (Lipinski definition) is 1. The summed E-state index contributed by atoms with van der Waals surface area (Å²) in [6.07, 6.45) is 1.76. The van der Waals surface area contributed by atoms with Crippen LogP contribution in [0.15, 0.2) is 54.7 Å². The van der Waals surface area contributed by atoms with Gasteiger partial charge in [-0.25, -0.2) is 4.98 Å². The van der Waals surface area contributed by atoms with E-state index in [0.717, 1.165) is 34.2 Å². The van der Waals surface area contributed by atoms with Gasteiger partial charge in [0.15, 0.2) is 0 Å². The Morgan fingerprint density at radius 2 is 1.69 bits per heavy atom. The fraction of sp³-hybridized carbons (Fsp3) is 0.292. The maximum Gasteiger partial charge on any atom is 0.128 e. The molecule has 0 bridgehead atoms. The van der Waals surface area contributed by atoms with Gasteiger partial charge in [0, 0.05) is 24.4 Å². The van der Waals surface area contributed by atoms with Gasteiger partial charge in [-0.1, -0.05) is 12.1 Å². The third-order valence-corrected chi connectivity index (χ3v) is 4.76. The second kappa shape index (κ2) is 9.82. The molecule has 0 aliphatic rings. The number of nitrogens with one attached hydrogen (secondary N) is 1. The molecular formula is C24H28N2O3. The third-order valence-electron chi connectivity index (χ3n) is 4.76. The Labute approximate surface area is 172 Å². The van der Waals surface area contributed by atoms with E-state index in [-0.39, 0.29) is 0 Å². The van der Waals surface area contributed by atoms with Gasteiger partial charge in [0.05, 0.1) is 7.11 Å². The van der Waals surface area contributed by atoms with Gasteiger partial charge in [-0.05, 0) is 67.8 Å². The van der Waals surface area contributed by atoms with E-state index in [1.165, 1.54) is 11.1 Å². The van der Waals surface area contributed by atoms with Crippen molar-refractivity contribution >= 4 is 5.82 Å². The molecule has 3 aromatic rings. The van der Waals surface area contributed by atoms with Gasteiger partial charge in [0.1, 0.15) is 36.3 Å². The van der Waals surface area contributed by atoms with Crippen molar-refractivity contribution in [2.45, 2.75) is 27.3 Å². The second-order valence-electron chi connectivity index (χ2n) is 6.94. The first-order valence-electron chi connectivity index (χ1n) is 9.72. The standard InChI is InChI=1S/C24H28N2O3/c1-17-13-18(2)19(3)22(14-17)28-11-12-29-23-15-21(27-4)9-8-20(23)16-26-24-7-5-6-10-25-24/h5-10,13-15H,11-12,16H2,1-4H3,(H,25,26). The van der Waals surface area contributed by atoms with Crippen molar-refractivity contribution in [1.82, 2.24) is 4.98 Å². The van der Waals surface area contributed by atoms with Crippen LogP contribution in [0, 0.1) is 20.8 Å². The molecule has 0 amide bonds. The summed E-state index contributed by atoms with van der Waals surface area (Å²) in [5.74, 6) is 3.26. The molecule has 0 unspecified atom stereocenters. The minimum absolute atomic E-state index is 0.441. The highest BCUT2D eigenvalue weighted by Gasteiger charge is 2.08. The van der Waals surface area contributed by atoms with E-state index in [1.54, 1.807) is 13.3 Å². The maximum absolute atomic E-state index is 6.02. The number of rotatable bonds is 9. The Hall–Kier alpha value is -3.21. The minimum Gasteiger partial charge on any atom is -0.497 e. The summed E-state index contributed by atoms with van der Waals surface area (Å²) >= 11 is 0. The predicted octanol–water partition coefficient (Wildman–Crippen LogP) is 5.09. The van der Waals surface area contributed by atoms with Crippen LogP contribution < -0.4 is 19.5 Å². The number of aromatic nitrogens is 1. The number of benzene rings is 2. The zero-order valence-electron chi connectivity index (χ0n) is 17.5. The Morgan fingerprint density at radius 3 is 2.41 bits per heavy atom. The average Bonchev–Trinajstić information content (AvgIpc) is 2.74. The molecule has 152 valence electrons. The molecule has 1 N–H and O–H groups in total. The molecule has 0 spiro atoms. The normalized spacial score (nSPS) is 10.5. The number of nitrogens with zero attached hydrogens (tertiary/aromatic N) is 1. The second-order valence-corrected chi connectivity index (χ2v) is 6.94. The zero-order chi connectivity index (χ0) is 20.6. The highest BCUT2D eigenvalue weighted by atomic mass is 16.5. The highest BCUT2D eigenvalue weighted by molar-refractivity contribution is 5.44. The van der Waals surface area contributed by atoms with E-state index in [1.807, 2.05) is 36.4 Å². The predicted molar refractivity (Wildman–Crippen MR) is 116 cm³/mol. The first kappa shape index (κ1) is 20.5. The van der Waals surface area contributed by atoms with Crippen LogP contribution in [0.5, 0.6) is 17.2 Å². The number of aryl methyl sites for hydroxylation is 2. The molecule has 0 radical (unpaired) electrons. The Bertz CT molecular complexity index is 942. The van der Waals surface area contributed by atoms with E-state index in [4.69, 9.17) is 14.2 Å². The van der Waals surface area contributed by atoms with E-state index >= 15 is 0 Å². The van der Waals surface area contributed by atoms with Crippen LogP contribution in [0.4, 0.5) is 5.82 Å². The van der Waals surface area contributed by atoms with E-state index in [0.29, 0.717) is 19.8 Å². The number of ether oxygens (including phenoxy) is 3. The molecule has 1 aromatic heterocycles. The SMILES string of the molecule is COc1ccc(CNc2ccccn2)c(OCCOc2cc(C)cc(C)c2C)c1. The summed E-state index contributed by atoms with van der Waals surface area (Å²) in [5.41, 5.74) is 4.62. The Balaban J connectivity index is 1.61. The van der Waals surface area contributed by atoms with Gasteiger partial charge in [-0.15, -0.1) is 0 Å². The van der Waals surface area contributed by atoms with Gasteiger partial charge in [0.2, 0.25) is 0 Å². The van der Waals surface area contributed by atoms with Gasteiger partial charge >= 0.3 is 0 Å². The summed E-state index contributed by atoms with van der Waals surface area (Å²) in [5, 5.41) is 3.31. The van der Waals surface area contributed by atoms with Crippen molar-refractivity contribution in [3.05, 3.63) is 77.0 Å². The van der Waals surface area contributed by atoms with Gasteiger partial charge < -0.3 is 19.5 Å². The Kier molecular flexibility index (Phi) is 6.95. The fourth-order valence-electron chi connectivity index (χ4n) is 3.05.